The molecule has 0 aliphatic heterocycles. The third-order valence-corrected chi connectivity index (χ3v) is 3.40. The molecule has 5 nitrogen and oxygen atoms in total. The van der Waals surface area contributed by atoms with E-state index in [1.165, 1.54) is 0 Å². The minimum absolute atomic E-state index is 0.208. The van der Waals surface area contributed by atoms with E-state index in [1.54, 1.807) is 12.1 Å². The van der Waals surface area contributed by atoms with Gasteiger partial charge >= 0.3 is 5.97 Å². The Morgan fingerprint density at radius 2 is 2.14 bits per heavy atom. The summed E-state index contributed by atoms with van der Waals surface area (Å²) >= 11 is 6.08. The van der Waals surface area contributed by atoms with E-state index in [-0.39, 0.29) is 12.5 Å². The lowest BCUT2D eigenvalue weighted by molar-refractivity contribution is -0.146. The molecule has 0 aliphatic rings. The molecule has 1 aromatic rings. The van der Waals surface area contributed by atoms with Gasteiger partial charge in [0.25, 0.3) is 0 Å². The van der Waals surface area contributed by atoms with Gasteiger partial charge in [-0.05, 0) is 30.9 Å². The van der Waals surface area contributed by atoms with Crippen LogP contribution in [0.3, 0.4) is 0 Å². The Balaban J connectivity index is 2.68. The highest BCUT2D eigenvalue weighted by atomic mass is 35.5. The van der Waals surface area contributed by atoms with Crippen molar-refractivity contribution < 1.29 is 14.3 Å². The molecule has 1 rings (SSSR count). The summed E-state index contributed by atoms with van der Waals surface area (Å²) in [6, 6.07) is 8.29. The monoisotopic (exact) mass is 322 g/mol. The van der Waals surface area contributed by atoms with Gasteiger partial charge in [-0.2, -0.15) is 5.26 Å². The molecule has 0 heterocycles. The Hall–Kier alpha value is -2.06. The van der Waals surface area contributed by atoms with E-state index in [0.717, 1.165) is 5.56 Å². The maximum absolute atomic E-state index is 11.9. The van der Waals surface area contributed by atoms with Crippen LogP contribution in [0.15, 0.2) is 24.3 Å². The molecule has 0 spiro atoms. The Morgan fingerprint density at radius 1 is 1.41 bits per heavy atom. The van der Waals surface area contributed by atoms with Crippen LogP contribution in [0, 0.1) is 11.3 Å². The molecule has 22 heavy (non-hydrogen) atoms. The fraction of sp³-hybridized carbons (Fsp3) is 0.438. The number of hydrogen-bond donors (Lipinski definition) is 1. The Kier molecular flexibility index (Phi) is 8.01. The summed E-state index contributed by atoms with van der Waals surface area (Å²) in [7, 11) is 0. The van der Waals surface area contributed by atoms with Crippen molar-refractivity contribution in [3.8, 4) is 6.07 Å². The SMILES string of the molecule is CCCC(=O)N[C@@H](CCc1ccccc1Cl)C(=O)OCC#N. The van der Waals surface area contributed by atoms with Crippen molar-refractivity contribution in [2.75, 3.05) is 6.61 Å². The van der Waals surface area contributed by atoms with Crippen LogP contribution >= 0.6 is 11.6 Å². The highest BCUT2D eigenvalue weighted by Crippen LogP contribution is 2.17. The molecule has 1 aromatic carbocycles. The zero-order valence-electron chi connectivity index (χ0n) is 12.5. The average molecular weight is 323 g/mol. The van der Waals surface area contributed by atoms with Crippen LogP contribution in [0.25, 0.3) is 0 Å². The maximum Gasteiger partial charge on any atom is 0.329 e. The van der Waals surface area contributed by atoms with Crippen LogP contribution in [0.4, 0.5) is 0 Å². The summed E-state index contributed by atoms with van der Waals surface area (Å²) in [5.74, 6) is -0.807. The molecule has 0 saturated carbocycles. The number of nitrogens with one attached hydrogen (secondary N) is 1. The van der Waals surface area contributed by atoms with Gasteiger partial charge in [0.1, 0.15) is 12.1 Å². The second kappa shape index (κ2) is 9.80. The molecular formula is C16H19ClN2O3. The number of rotatable bonds is 8. The lowest BCUT2D eigenvalue weighted by Gasteiger charge is -2.17. The largest absolute Gasteiger partial charge is 0.449 e. The van der Waals surface area contributed by atoms with Gasteiger partial charge in [0, 0.05) is 11.4 Å². The van der Waals surface area contributed by atoms with Gasteiger partial charge in [0.2, 0.25) is 5.91 Å². The Morgan fingerprint density at radius 3 is 2.77 bits per heavy atom. The van der Waals surface area contributed by atoms with E-state index in [0.29, 0.717) is 30.7 Å². The van der Waals surface area contributed by atoms with E-state index in [4.69, 9.17) is 21.6 Å². The first-order chi connectivity index (χ1) is 10.6. The number of benzene rings is 1. The first-order valence-corrected chi connectivity index (χ1v) is 7.52. The highest BCUT2D eigenvalue weighted by Gasteiger charge is 2.22. The molecule has 0 unspecified atom stereocenters. The molecule has 118 valence electrons. The summed E-state index contributed by atoms with van der Waals surface area (Å²) in [4.78, 5) is 23.6. The molecule has 0 saturated heterocycles. The fourth-order valence-electron chi connectivity index (χ4n) is 1.95. The predicted octanol–water partition coefficient (Wildman–Crippen LogP) is 2.62. The maximum atomic E-state index is 11.9. The smallest absolute Gasteiger partial charge is 0.329 e. The molecule has 1 N–H and O–H groups in total. The van der Waals surface area contributed by atoms with Gasteiger partial charge < -0.3 is 10.1 Å². The van der Waals surface area contributed by atoms with Gasteiger partial charge in [-0.3, -0.25) is 4.79 Å². The summed E-state index contributed by atoms with van der Waals surface area (Å²) in [6.45, 7) is 1.55. The van der Waals surface area contributed by atoms with Crippen molar-refractivity contribution in [3.63, 3.8) is 0 Å². The third kappa shape index (κ3) is 6.15. The van der Waals surface area contributed by atoms with Gasteiger partial charge in [-0.25, -0.2) is 4.79 Å². The topological polar surface area (TPSA) is 79.2 Å². The molecule has 0 fully saturated rings. The van der Waals surface area contributed by atoms with Crippen LogP contribution in [-0.2, 0) is 20.7 Å². The van der Waals surface area contributed by atoms with Crippen LogP contribution in [0.5, 0.6) is 0 Å². The number of halogens is 1. The summed E-state index contributed by atoms with van der Waals surface area (Å²) in [6.07, 6.45) is 1.92. The molecule has 0 radical (unpaired) electrons. The Labute approximate surface area is 135 Å². The minimum Gasteiger partial charge on any atom is -0.449 e. The Bertz CT molecular complexity index is 555. The lowest BCUT2D eigenvalue weighted by Crippen LogP contribution is -2.42. The number of nitriles is 1. The fourth-order valence-corrected chi connectivity index (χ4v) is 2.18. The summed E-state index contributed by atoms with van der Waals surface area (Å²) < 4.78 is 4.80. The molecule has 1 amide bonds. The number of ether oxygens (including phenoxy) is 1. The average Bonchev–Trinajstić information content (AvgIpc) is 2.50. The first kappa shape index (κ1) is 18.0. The molecule has 0 aliphatic carbocycles. The van der Waals surface area contributed by atoms with Crippen molar-refractivity contribution in [3.05, 3.63) is 34.9 Å². The third-order valence-electron chi connectivity index (χ3n) is 3.04. The van der Waals surface area contributed by atoms with E-state index in [9.17, 15) is 9.59 Å². The molecule has 0 aromatic heterocycles. The molecule has 6 heteroatoms. The number of hydrogen-bond acceptors (Lipinski definition) is 4. The lowest BCUT2D eigenvalue weighted by atomic mass is 10.0. The minimum atomic E-state index is -0.774. The second-order valence-corrected chi connectivity index (χ2v) is 5.17. The first-order valence-electron chi connectivity index (χ1n) is 7.14. The van der Waals surface area contributed by atoms with Crippen molar-refractivity contribution in [1.82, 2.24) is 5.32 Å². The quantitative estimate of drug-likeness (QED) is 0.746. The number of carbonyl (C=O) groups is 2. The number of aryl methyl sites for hydroxylation is 1. The van der Waals surface area contributed by atoms with Gasteiger partial charge in [0.05, 0.1) is 0 Å². The summed E-state index contributed by atoms with van der Waals surface area (Å²) in [5.41, 5.74) is 0.895. The van der Waals surface area contributed by atoms with Crippen molar-refractivity contribution in [1.29, 1.82) is 5.26 Å². The van der Waals surface area contributed by atoms with Crippen molar-refractivity contribution in [2.45, 2.75) is 38.6 Å². The molecule has 0 bridgehead atoms. The van der Waals surface area contributed by atoms with E-state index in [1.807, 2.05) is 25.1 Å². The summed E-state index contributed by atoms with van der Waals surface area (Å²) in [5, 5.41) is 11.7. The van der Waals surface area contributed by atoms with Crippen molar-refractivity contribution >= 4 is 23.5 Å². The highest BCUT2D eigenvalue weighted by molar-refractivity contribution is 6.31. The molecular weight excluding hydrogens is 304 g/mol. The zero-order chi connectivity index (χ0) is 16.4. The van der Waals surface area contributed by atoms with Gasteiger partial charge in [-0.1, -0.05) is 36.7 Å². The van der Waals surface area contributed by atoms with E-state index >= 15 is 0 Å². The van der Waals surface area contributed by atoms with Crippen LogP contribution in [0.2, 0.25) is 5.02 Å². The predicted molar refractivity (Wildman–Crippen MR) is 83.2 cm³/mol. The van der Waals surface area contributed by atoms with Gasteiger partial charge in [-0.15, -0.1) is 0 Å². The standard InChI is InChI=1S/C16H19ClN2O3/c1-2-5-15(20)19-14(16(21)22-11-10-18)9-8-12-6-3-4-7-13(12)17/h3-4,6-7,14H,2,5,8-9,11H2,1H3,(H,19,20)/t14-/m0/s1. The number of carbonyl (C=O) groups excluding carboxylic acids is 2. The molecule has 1 atom stereocenters. The van der Waals surface area contributed by atoms with Gasteiger partial charge in [0.15, 0.2) is 6.61 Å². The van der Waals surface area contributed by atoms with Crippen molar-refractivity contribution in [2.24, 2.45) is 0 Å². The normalized spacial score (nSPS) is 11.3. The van der Waals surface area contributed by atoms with Crippen LogP contribution < -0.4 is 5.32 Å². The van der Waals surface area contributed by atoms with E-state index < -0.39 is 12.0 Å². The number of esters is 1. The van der Waals surface area contributed by atoms with Crippen LogP contribution in [0.1, 0.15) is 31.7 Å². The number of amides is 1. The second-order valence-electron chi connectivity index (χ2n) is 4.77. The zero-order valence-corrected chi connectivity index (χ0v) is 13.2. The van der Waals surface area contributed by atoms with Crippen LogP contribution in [-0.4, -0.2) is 24.5 Å². The van der Waals surface area contributed by atoms with E-state index in [2.05, 4.69) is 5.32 Å². The number of nitrogens with zero attached hydrogens (tertiary/aromatic N) is 1.